The minimum absolute atomic E-state index is 0.124. The highest BCUT2D eigenvalue weighted by Crippen LogP contribution is 2.31. The topological polar surface area (TPSA) is 51.2 Å². The van der Waals surface area contributed by atoms with Gasteiger partial charge in [0.2, 0.25) is 0 Å². The van der Waals surface area contributed by atoms with E-state index < -0.39 is 21.4 Å². The lowest BCUT2D eigenvalue weighted by Crippen LogP contribution is -2.18. The van der Waals surface area contributed by atoms with E-state index in [0.29, 0.717) is 0 Å². The minimum Gasteiger partial charge on any atom is -0.298 e. The van der Waals surface area contributed by atoms with Crippen LogP contribution in [0.4, 0.5) is 4.39 Å². The molecule has 2 rings (SSSR count). The van der Waals surface area contributed by atoms with E-state index in [9.17, 15) is 17.6 Å². The number of hydrogen-bond acceptors (Lipinski definition) is 3. The van der Waals surface area contributed by atoms with Crippen molar-refractivity contribution in [3.8, 4) is 0 Å². The van der Waals surface area contributed by atoms with Crippen LogP contribution in [0.1, 0.15) is 12.8 Å². The van der Waals surface area contributed by atoms with Gasteiger partial charge in [0.05, 0.1) is 0 Å². The summed E-state index contributed by atoms with van der Waals surface area (Å²) in [7, 11) is -3.82. The fourth-order valence-corrected chi connectivity index (χ4v) is 2.90. The predicted octanol–water partition coefficient (Wildman–Crippen LogP) is 1.58. The first-order valence-electron chi connectivity index (χ1n) is 5.01. The lowest BCUT2D eigenvalue weighted by molar-refractivity contribution is -0.117. The van der Waals surface area contributed by atoms with Crippen LogP contribution < -0.4 is 0 Å². The zero-order valence-corrected chi connectivity index (χ0v) is 9.34. The largest absolute Gasteiger partial charge is 0.298 e. The molecule has 86 valence electrons. The fourth-order valence-electron chi connectivity index (χ4n) is 1.49. The van der Waals surface area contributed by atoms with Crippen molar-refractivity contribution in [3.05, 3.63) is 30.1 Å². The minimum atomic E-state index is -3.82. The third-order valence-electron chi connectivity index (χ3n) is 2.54. The Morgan fingerprint density at radius 3 is 2.50 bits per heavy atom. The Bertz CT molecular complexity index is 518. The van der Waals surface area contributed by atoms with Gasteiger partial charge in [0, 0.05) is 5.92 Å². The van der Waals surface area contributed by atoms with Crippen molar-refractivity contribution < 1.29 is 17.6 Å². The lowest BCUT2D eigenvalue weighted by Gasteiger charge is -2.04. The Kier molecular flexibility index (Phi) is 2.80. The molecule has 0 heterocycles. The van der Waals surface area contributed by atoms with Gasteiger partial charge in [-0.3, -0.25) is 4.79 Å². The van der Waals surface area contributed by atoms with E-state index in [1.165, 1.54) is 18.2 Å². The second-order valence-corrected chi connectivity index (χ2v) is 5.89. The highest BCUT2D eigenvalue weighted by molar-refractivity contribution is 7.92. The Balaban J connectivity index is 2.25. The summed E-state index contributed by atoms with van der Waals surface area (Å²) in [6.45, 7) is 0. The molecule has 5 heteroatoms. The summed E-state index contributed by atoms with van der Waals surface area (Å²) in [4.78, 5) is 11.0. The quantitative estimate of drug-likeness (QED) is 0.805. The van der Waals surface area contributed by atoms with Crippen LogP contribution in [0.15, 0.2) is 29.2 Å². The van der Waals surface area contributed by atoms with Crippen LogP contribution in [0, 0.1) is 11.7 Å². The molecule has 1 aromatic rings. The van der Waals surface area contributed by atoms with Crippen molar-refractivity contribution in [1.29, 1.82) is 0 Å². The van der Waals surface area contributed by atoms with Crippen LogP contribution in [-0.2, 0) is 14.6 Å². The van der Waals surface area contributed by atoms with Gasteiger partial charge in [-0.1, -0.05) is 12.1 Å². The molecule has 0 amide bonds. The van der Waals surface area contributed by atoms with Gasteiger partial charge in [-0.25, -0.2) is 12.8 Å². The first kappa shape index (κ1) is 11.3. The summed E-state index contributed by atoms with van der Waals surface area (Å²) in [6, 6.07) is 5.12. The van der Waals surface area contributed by atoms with Gasteiger partial charge in [-0.15, -0.1) is 0 Å². The van der Waals surface area contributed by atoms with E-state index in [0.717, 1.165) is 18.9 Å². The lowest BCUT2D eigenvalue weighted by atomic mass is 10.3. The molecule has 1 saturated carbocycles. The SMILES string of the molecule is O=C(CS(=O)(=O)c1ccccc1F)C1CC1. The molecule has 1 aromatic carbocycles. The third kappa shape index (κ3) is 2.29. The van der Waals surface area contributed by atoms with Crippen LogP contribution in [0.25, 0.3) is 0 Å². The van der Waals surface area contributed by atoms with Gasteiger partial charge in [0.15, 0.2) is 15.6 Å². The molecule has 0 atom stereocenters. The second-order valence-electron chi connectivity index (χ2n) is 3.93. The van der Waals surface area contributed by atoms with Gasteiger partial charge in [0.1, 0.15) is 16.5 Å². The van der Waals surface area contributed by atoms with Crippen molar-refractivity contribution in [1.82, 2.24) is 0 Å². The van der Waals surface area contributed by atoms with Crippen LogP contribution in [0.2, 0.25) is 0 Å². The number of halogens is 1. The molecule has 0 aromatic heterocycles. The van der Waals surface area contributed by atoms with Crippen molar-refractivity contribution >= 4 is 15.6 Å². The number of sulfone groups is 1. The maximum Gasteiger partial charge on any atom is 0.188 e. The van der Waals surface area contributed by atoms with E-state index in [1.807, 2.05) is 0 Å². The molecule has 0 saturated heterocycles. The summed E-state index contributed by atoms with van der Waals surface area (Å²) in [5.41, 5.74) is 0. The maximum atomic E-state index is 13.3. The Hall–Kier alpha value is -1.23. The van der Waals surface area contributed by atoms with Crippen molar-refractivity contribution in [2.24, 2.45) is 5.92 Å². The number of carbonyl (C=O) groups excluding carboxylic acids is 1. The van der Waals surface area contributed by atoms with Gasteiger partial charge < -0.3 is 0 Å². The molecule has 0 radical (unpaired) electrons. The molecular weight excluding hydrogens is 231 g/mol. The molecule has 16 heavy (non-hydrogen) atoms. The zero-order chi connectivity index (χ0) is 11.8. The number of carbonyl (C=O) groups is 1. The predicted molar refractivity (Wildman–Crippen MR) is 56.2 cm³/mol. The molecule has 1 aliphatic rings. The Labute approximate surface area is 93.2 Å². The van der Waals surface area contributed by atoms with Crippen LogP contribution in [-0.4, -0.2) is 20.0 Å². The third-order valence-corrected chi connectivity index (χ3v) is 4.20. The van der Waals surface area contributed by atoms with E-state index in [-0.39, 0.29) is 16.6 Å². The first-order chi connectivity index (χ1) is 7.50. The molecular formula is C11H11FO3S. The molecule has 0 N–H and O–H groups in total. The number of hydrogen-bond donors (Lipinski definition) is 0. The molecule has 0 bridgehead atoms. The van der Waals surface area contributed by atoms with Crippen LogP contribution in [0.5, 0.6) is 0 Å². The molecule has 0 aliphatic heterocycles. The number of rotatable bonds is 4. The average molecular weight is 242 g/mol. The Morgan fingerprint density at radius 2 is 1.94 bits per heavy atom. The first-order valence-corrected chi connectivity index (χ1v) is 6.66. The number of benzene rings is 1. The molecule has 0 spiro atoms. The molecule has 0 unspecified atom stereocenters. The monoisotopic (exact) mass is 242 g/mol. The highest BCUT2D eigenvalue weighted by Gasteiger charge is 2.33. The number of ketones is 1. The Morgan fingerprint density at radius 1 is 1.31 bits per heavy atom. The summed E-state index contributed by atoms with van der Waals surface area (Å²) in [5, 5.41) is 0. The summed E-state index contributed by atoms with van der Waals surface area (Å²) >= 11 is 0. The van der Waals surface area contributed by atoms with E-state index >= 15 is 0 Å². The summed E-state index contributed by atoms with van der Waals surface area (Å²) in [6.07, 6.45) is 1.51. The average Bonchev–Trinajstić information content (AvgIpc) is 3.00. The van der Waals surface area contributed by atoms with Gasteiger partial charge in [-0.2, -0.15) is 0 Å². The van der Waals surface area contributed by atoms with E-state index in [2.05, 4.69) is 0 Å². The normalized spacial score (nSPS) is 16.1. The highest BCUT2D eigenvalue weighted by atomic mass is 32.2. The molecule has 1 aliphatic carbocycles. The maximum absolute atomic E-state index is 13.3. The standard InChI is InChI=1S/C11H11FO3S/c12-9-3-1-2-4-11(9)16(14,15)7-10(13)8-5-6-8/h1-4,8H,5-7H2. The van der Waals surface area contributed by atoms with Crippen molar-refractivity contribution in [2.45, 2.75) is 17.7 Å². The van der Waals surface area contributed by atoms with Gasteiger partial charge in [-0.05, 0) is 25.0 Å². The van der Waals surface area contributed by atoms with Crippen LogP contribution >= 0.6 is 0 Å². The second kappa shape index (κ2) is 3.97. The van der Waals surface area contributed by atoms with E-state index in [1.54, 1.807) is 0 Å². The van der Waals surface area contributed by atoms with Gasteiger partial charge in [0.25, 0.3) is 0 Å². The van der Waals surface area contributed by atoms with Crippen molar-refractivity contribution in [3.63, 3.8) is 0 Å². The van der Waals surface area contributed by atoms with E-state index in [4.69, 9.17) is 0 Å². The molecule has 3 nitrogen and oxygen atoms in total. The fraction of sp³-hybridized carbons (Fsp3) is 0.364. The summed E-state index contributed by atoms with van der Waals surface area (Å²) in [5.74, 6) is -1.81. The zero-order valence-electron chi connectivity index (χ0n) is 8.52. The number of Topliss-reactive ketones (excluding diaryl/α,β-unsaturated/α-hetero) is 1. The van der Waals surface area contributed by atoms with Gasteiger partial charge >= 0.3 is 0 Å². The molecule has 1 fully saturated rings. The smallest absolute Gasteiger partial charge is 0.188 e. The van der Waals surface area contributed by atoms with Crippen LogP contribution in [0.3, 0.4) is 0 Å². The van der Waals surface area contributed by atoms with Crippen molar-refractivity contribution in [2.75, 3.05) is 5.75 Å². The summed E-state index contributed by atoms with van der Waals surface area (Å²) < 4.78 is 36.7.